The summed E-state index contributed by atoms with van der Waals surface area (Å²) < 4.78 is 0. The Morgan fingerprint density at radius 3 is 2.83 bits per heavy atom. The molecule has 18 heavy (non-hydrogen) atoms. The largest absolute Gasteiger partial charge is 0.390 e. The first-order chi connectivity index (χ1) is 8.48. The maximum absolute atomic E-state index is 10.1. The van der Waals surface area contributed by atoms with Crippen LogP contribution in [-0.2, 0) is 6.54 Å². The predicted molar refractivity (Wildman–Crippen MR) is 76.2 cm³/mol. The monoisotopic (exact) mass is 287 g/mol. The van der Waals surface area contributed by atoms with Crippen molar-refractivity contribution >= 4 is 23.2 Å². The first-order valence-electron chi connectivity index (χ1n) is 6.35. The molecule has 1 aromatic carbocycles. The molecule has 1 N–H and O–H groups in total. The molecule has 4 heteroatoms. The predicted octanol–water partition coefficient (Wildman–Crippen LogP) is 3.73. The maximum atomic E-state index is 10.1. The molecule has 0 unspecified atom stereocenters. The van der Waals surface area contributed by atoms with Crippen LogP contribution in [0.4, 0.5) is 0 Å². The quantitative estimate of drug-likeness (QED) is 0.896. The molecule has 0 amide bonds. The molecule has 1 aliphatic heterocycles. The minimum Gasteiger partial charge on any atom is -0.390 e. The lowest BCUT2D eigenvalue weighted by Crippen LogP contribution is -2.28. The number of nitrogens with zero attached hydrogens (tertiary/aromatic N) is 1. The second-order valence-corrected chi connectivity index (χ2v) is 6.12. The van der Waals surface area contributed by atoms with Gasteiger partial charge in [0.15, 0.2) is 0 Å². The van der Waals surface area contributed by atoms with Gasteiger partial charge in [0.1, 0.15) is 0 Å². The molecular weight excluding hydrogens is 269 g/mol. The second-order valence-electron chi connectivity index (χ2n) is 5.34. The maximum Gasteiger partial charge on any atom is 0.0637 e. The number of benzene rings is 1. The third kappa shape index (κ3) is 3.61. The van der Waals surface area contributed by atoms with Gasteiger partial charge in [0.05, 0.1) is 15.6 Å². The van der Waals surface area contributed by atoms with Crippen molar-refractivity contribution in [2.24, 2.45) is 0 Å². The molecular formula is C14H19Cl2NO. The average Bonchev–Trinajstić information content (AvgIpc) is 2.47. The molecule has 0 bridgehead atoms. The molecule has 1 saturated heterocycles. The Balaban J connectivity index is 2.03. The average molecular weight is 288 g/mol. The fraction of sp³-hybridized carbons (Fsp3) is 0.571. The number of aliphatic hydroxyl groups is 1. The van der Waals surface area contributed by atoms with E-state index in [1.54, 1.807) is 6.07 Å². The molecule has 100 valence electrons. The molecule has 2 nitrogen and oxygen atoms in total. The van der Waals surface area contributed by atoms with E-state index in [0.29, 0.717) is 10.0 Å². The molecule has 1 heterocycles. The zero-order chi connectivity index (χ0) is 13.2. The molecule has 2 rings (SSSR count). The Hall–Kier alpha value is -0.280. The van der Waals surface area contributed by atoms with Crippen LogP contribution in [-0.4, -0.2) is 28.7 Å². The zero-order valence-corrected chi connectivity index (χ0v) is 12.1. The van der Waals surface area contributed by atoms with E-state index in [1.165, 1.54) is 0 Å². The molecule has 0 radical (unpaired) electrons. The normalized spacial score (nSPS) is 26.0. The van der Waals surface area contributed by atoms with Gasteiger partial charge < -0.3 is 5.11 Å². The van der Waals surface area contributed by atoms with Gasteiger partial charge in [-0.05, 0) is 44.4 Å². The SMILES string of the molecule is C[C@]1(O)CCCN(Cc2cccc(Cl)c2Cl)CC1. The van der Waals surface area contributed by atoms with E-state index in [1.807, 2.05) is 19.1 Å². The fourth-order valence-corrected chi connectivity index (χ4v) is 2.77. The van der Waals surface area contributed by atoms with Crippen LogP contribution >= 0.6 is 23.2 Å². The van der Waals surface area contributed by atoms with Crippen molar-refractivity contribution in [3.05, 3.63) is 33.8 Å². The van der Waals surface area contributed by atoms with E-state index in [2.05, 4.69) is 4.90 Å². The van der Waals surface area contributed by atoms with Crippen LogP contribution in [0.25, 0.3) is 0 Å². The van der Waals surface area contributed by atoms with Gasteiger partial charge in [-0.2, -0.15) is 0 Å². The first kappa shape index (κ1) is 14.1. The van der Waals surface area contributed by atoms with Crippen LogP contribution in [0.1, 0.15) is 31.7 Å². The molecule has 0 aromatic heterocycles. The van der Waals surface area contributed by atoms with Crippen molar-refractivity contribution in [2.75, 3.05) is 13.1 Å². The highest BCUT2D eigenvalue weighted by Crippen LogP contribution is 2.28. The summed E-state index contributed by atoms with van der Waals surface area (Å²) in [5.74, 6) is 0. The van der Waals surface area contributed by atoms with Crippen molar-refractivity contribution in [1.82, 2.24) is 4.90 Å². The van der Waals surface area contributed by atoms with Crippen LogP contribution in [0.2, 0.25) is 10.0 Å². The summed E-state index contributed by atoms with van der Waals surface area (Å²) in [6.45, 7) is 4.62. The first-order valence-corrected chi connectivity index (χ1v) is 7.11. The van der Waals surface area contributed by atoms with Gasteiger partial charge >= 0.3 is 0 Å². The third-order valence-corrected chi connectivity index (χ3v) is 4.44. The molecule has 0 saturated carbocycles. The smallest absolute Gasteiger partial charge is 0.0637 e. The lowest BCUT2D eigenvalue weighted by Gasteiger charge is -2.22. The van der Waals surface area contributed by atoms with Gasteiger partial charge in [-0.3, -0.25) is 4.90 Å². The summed E-state index contributed by atoms with van der Waals surface area (Å²) in [5.41, 5.74) is 0.540. The number of likely N-dealkylation sites (tertiary alicyclic amines) is 1. The van der Waals surface area contributed by atoms with Crippen LogP contribution < -0.4 is 0 Å². The van der Waals surface area contributed by atoms with Gasteiger partial charge in [0, 0.05) is 13.1 Å². The lowest BCUT2D eigenvalue weighted by atomic mass is 9.98. The molecule has 1 aromatic rings. The van der Waals surface area contributed by atoms with E-state index in [4.69, 9.17) is 23.2 Å². The van der Waals surface area contributed by atoms with Gasteiger partial charge in [0.2, 0.25) is 0 Å². The fourth-order valence-electron chi connectivity index (χ4n) is 2.39. The highest BCUT2D eigenvalue weighted by molar-refractivity contribution is 6.42. The highest BCUT2D eigenvalue weighted by atomic mass is 35.5. The Labute approximate surface area is 119 Å². The summed E-state index contributed by atoms with van der Waals surface area (Å²) in [5, 5.41) is 11.3. The van der Waals surface area contributed by atoms with E-state index < -0.39 is 5.60 Å². The summed E-state index contributed by atoms with van der Waals surface area (Å²) in [7, 11) is 0. The minimum absolute atomic E-state index is 0.521. The number of hydrogen-bond acceptors (Lipinski definition) is 2. The minimum atomic E-state index is -0.521. The summed E-state index contributed by atoms with van der Waals surface area (Å²) >= 11 is 12.2. The van der Waals surface area contributed by atoms with Crippen LogP contribution in [0.15, 0.2) is 18.2 Å². The van der Waals surface area contributed by atoms with E-state index in [9.17, 15) is 5.11 Å². The summed E-state index contributed by atoms with van der Waals surface area (Å²) in [6.07, 6.45) is 2.70. The third-order valence-electron chi connectivity index (χ3n) is 3.58. The lowest BCUT2D eigenvalue weighted by molar-refractivity contribution is 0.0444. The van der Waals surface area contributed by atoms with Gasteiger partial charge in [-0.25, -0.2) is 0 Å². The number of rotatable bonds is 2. The van der Waals surface area contributed by atoms with Crippen molar-refractivity contribution in [3.8, 4) is 0 Å². The molecule has 0 aliphatic carbocycles. The Morgan fingerprint density at radius 1 is 1.28 bits per heavy atom. The van der Waals surface area contributed by atoms with Gasteiger partial charge in [-0.15, -0.1) is 0 Å². The van der Waals surface area contributed by atoms with Crippen molar-refractivity contribution in [2.45, 2.75) is 38.3 Å². The van der Waals surface area contributed by atoms with Crippen LogP contribution in [0, 0.1) is 0 Å². The van der Waals surface area contributed by atoms with Crippen LogP contribution in [0.3, 0.4) is 0 Å². The van der Waals surface area contributed by atoms with E-state index in [0.717, 1.165) is 44.5 Å². The van der Waals surface area contributed by atoms with Gasteiger partial charge in [0.25, 0.3) is 0 Å². The standard InChI is InChI=1S/C14H19Cl2NO/c1-14(18)6-3-8-17(9-7-14)10-11-4-2-5-12(15)13(11)16/h2,4-5,18H,3,6-10H2,1H3/t14-/m0/s1. The van der Waals surface area contributed by atoms with Crippen molar-refractivity contribution in [3.63, 3.8) is 0 Å². The highest BCUT2D eigenvalue weighted by Gasteiger charge is 2.25. The van der Waals surface area contributed by atoms with Crippen molar-refractivity contribution in [1.29, 1.82) is 0 Å². The molecule has 1 atom stereocenters. The van der Waals surface area contributed by atoms with Gasteiger partial charge in [-0.1, -0.05) is 35.3 Å². The molecule has 1 fully saturated rings. The van der Waals surface area contributed by atoms with E-state index >= 15 is 0 Å². The second kappa shape index (κ2) is 5.79. The van der Waals surface area contributed by atoms with Crippen LogP contribution in [0.5, 0.6) is 0 Å². The number of hydrogen-bond donors (Lipinski definition) is 1. The Morgan fingerprint density at radius 2 is 2.06 bits per heavy atom. The molecule has 1 aliphatic rings. The Bertz CT molecular complexity index is 420. The summed E-state index contributed by atoms with van der Waals surface area (Å²) in [4.78, 5) is 2.33. The number of halogens is 2. The summed E-state index contributed by atoms with van der Waals surface area (Å²) in [6, 6.07) is 5.75. The van der Waals surface area contributed by atoms with E-state index in [-0.39, 0.29) is 0 Å². The molecule has 0 spiro atoms. The Kier molecular flexibility index (Phi) is 4.54. The van der Waals surface area contributed by atoms with Crippen molar-refractivity contribution < 1.29 is 5.11 Å². The topological polar surface area (TPSA) is 23.5 Å². The zero-order valence-electron chi connectivity index (χ0n) is 10.6.